The summed E-state index contributed by atoms with van der Waals surface area (Å²) in [4.78, 5) is 29.7. The van der Waals surface area contributed by atoms with Gasteiger partial charge in [-0.05, 0) is 37.2 Å². The van der Waals surface area contributed by atoms with E-state index in [4.69, 9.17) is 4.74 Å². The summed E-state index contributed by atoms with van der Waals surface area (Å²) < 4.78 is 6.49. The quantitative estimate of drug-likeness (QED) is 0.230. The molecule has 0 bridgehead atoms. The summed E-state index contributed by atoms with van der Waals surface area (Å²) in [7, 11) is 1.63. The summed E-state index contributed by atoms with van der Waals surface area (Å²) in [5.41, 5.74) is 1.04. The Bertz CT molecular complexity index is 1130. The van der Waals surface area contributed by atoms with Crippen LogP contribution in [0, 0.1) is 5.21 Å². The Kier molecular flexibility index (Phi) is 5.89. The summed E-state index contributed by atoms with van der Waals surface area (Å²) in [6, 6.07) is 10.8. The van der Waals surface area contributed by atoms with E-state index in [1.165, 1.54) is 16.9 Å². The number of carbonyl (C=O) groups is 2. The summed E-state index contributed by atoms with van der Waals surface area (Å²) in [5.74, 6) is -0.134. The topological polar surface area (TPSA) is 125 Å². The molecule has 2 heterocycles. The fourth-order valence-corrected chi connectivity index (χ4v) is 3.53. The van der Waals surface area contributed by atoms with Crippen molar-refractivity contribution in [2.24, 2.45) is 0 Å². The van der Waals surface area contributed by atoms with Crippen molar-refractivity contribution in [3.8, 4) is 5.75 Å². The minimum Gasteiger partial charge on any atom is -0.571 e. The summed E-state index contributed by atoms with van der Waals surface area (Å²) in [6.45, 7) is 2.27. The van der Waals surface area contributed by atoms with E-state index in [9.17, 15) is 14.8 Å². The summed E-state index contributed by atoms with van der Waals surface area (Å²) >= 11 is 0. The highest BCUT2D eigenvalue weighted by Crippen LogP contribution is 2.24. The number of fused-ring (bicyclic) bond motifs is 2. The number of para-hydroxylation sites is 2. The van der Waals surface area contributed by atoms with Gasteiger partial charge in [0.1, 0.15) is 11.4 Å². The molecule has 3 aromatic rings. The molecule has 0 saturated heterocycles. The Morgan fingerprint density at radius 1 is 1.06 bits per heavy atom. The highest BCUT2D eigenvalue weighted by Gasteiger charge is 2.39. The van der Waals surface area contributed by atoms with Gasteiger partial charge in [0.25, 0.3) is 0 Å². The van der Waals surface area contributed by atoms with E-state index in [1.807, 2.05) is 24.3 Å². The molecule has 0 unspecified atom stereocenters. The van der Waals surface area contributed by atoms with Crippen molar-refractivity contribution in [2.75, 3.05) is 32.1 Å². The molecule has 1 aromatic carbocycles. The van der Waals surface area contributed by atoms with E-state index in [0.717, 1.165) is 11.4 Å². The standard InChI is InChI=1S/C21H22N6O4/c1-31-16-8-3-2-7-15(16)23-12-11-22-9-5-13-26-19-18(25-27(26)30)20(28)14-6-4-10-24-17(14)21(19)29/h2-4,6-8,10,22-23H,5,9,11-13H2,1H3. The number of rotatable bonds is 9. The van der Waals surface area contributed by atoms with Crippen LogP contribution in [0.25, 0.3) is 0 Å². The number of aromatic nitrogens is 4. The van der Waals surface area contributed by atoms with Crippen molar-refractivity contribution < 1.29 is 19.3 Å². The molecule has 2 N–H and O–H groups in total. The average molecular weight is 422 g/mol. The number of nitrogens with zero attached hydrogens (tertiary/aromatic N) is 4. The zero-order valence-electron chi connectivity index (χ0n) is 17.0. The second-order valence-corrected chi connectivity index (χ2v) is 6.96. The molecule has 31 heavy (non-hydrogen) atoms. The highest BCUT2D eigenvalue weighted by atomic mass is 16.5. The molecule has 0 spiro atoms. The van der Waals surface area contributed by atoms with Gasteiger partial charge < -0.3 is 20.6 Å². The zero-order valence-corrected chi connectivity index (χ0v) is 17.0. The van der Waals surface area contributed by atoms with Gasteiger partial charge in [-0.1, -0.05) is 12.1 Å². The number of anilines is 1. The van der Waals surface area contributed by atoms with Crippen LogP contribution < -0.4 is 20.3 Å². The van der Waals surface area contributed by atoms with Crippen LogP contribution in [0.2, 0.25) is 0 Å². The number of nitrogens with one attached hydrogen (secondary N) is 2. The van der Waals surface area contributed by atoms with Crippen LogP contribution in [0.4, 0.5) is 5.69 Å². The van der Waals surface area contributed by atoms with Crippen LogP contribution in [0.1, 0.15) is 38.7 Å². The fourth-order valence-electron chi connectivity index (χ4n) is 3.53. The smallest absolute Gasteiger partial charge is 0.236 e. The Balaban J connectivity index is 1.31. The minimum absolute atomic E-state index is 0.00374. The third-order valence-electron chi connectivity index (χ3n) is 5.02. The lowest BCUT2D eigenvalue weighted by Crippen LogP contribution is -2.41. The van der Waals surface area contributed by atoms with Crippen LogP contribution in [0.3, 0.4) is 0 Å². The third kappa shape index (κ3) is 3.97. The first kappa shape index (κ1) is 20.5. The molecule has 0 radical (unpaired) electrons. The predicted octanol–water partition coefficient (Wildman–Crippen LogP) is 0.787. The molecule has 2 aromatic heterocycles. The summed E-state index contributed by atoms with van der Waals surface area (Å²) in [5, 5.41) is 22.5. The Labute approximate surface area is 178 Å². The number of pyridine rings is 1. The maximum absolute atomic E-state index is 12.8. The number of ketones is 2. The predicted molar refractivity (Wildman–Crippen MR) is 111 cm³/mol. The first-order valence-corrected chi connectivity index (χ1v) is 9.94. The third-order valence-corrected chi connectivity index (χ3v) is 5.02. The van der Waals surface area contributed by atoms with Gasteiger partial charge in [-0.3, -0.25) is 14.6 Å². The van der Waals surface area contributed by atoms with Crippen LogP contribution in [-0.4, -0.2) is 53.1 Å². The van der Waals surface area contributed by atoms with E-state index >= 15 is 0 Å². The lowest BCUT2D eigenvalue weighted by Gasteiger charge is -2.12. The van der Waals surface area contributed by atoms with E-state index in [-0.39, 0.29) is 29.2 Å². The maximum atomic E-state index is 12.8. The highest BCUT2D eigenvalue weighted by molar-refractivity contribution is 6.26. The van der Waals surface area contributed by atoms with Crippen LogP contribution in [0.15, 0.2) is 42.6 Å². The van der Waals surface area contributed by atoms with Gasteiger partial charge in [0.05, 0.1) is 24.9 Å². The molecule has 0 saturated carbocycles. The van der Waals surface area contributed by atoms with Gasteiger partial charge in [-0.15, -0.1) is 4.68 Å². The fraction of sp³-hybridized carbons (Fsp3) is 0.286. The second kappa shape index (κ2) is 8.92. The molecule has 0 atom stereocenters. The van der Waals surface area contributed by atoms with Crippen molar-refractivity contribution in [1.29, 1.82) is 0 Å². The van der Waals surface area contributed by atoms with Crippen LogP contribution in [0.5, 0.6) is 5.75 Å². The normalized spacial score (nSPS) is 12.4. The van der Waals surface area contributed by atoms with Crippen molar-refractivity contribution in [1.82, 2.24) is 20.1 Å². The molecule has 0 amide bonds. The van der Waals surface area contributed by atoms with Crippen molar-refractivity contribution >= 4 is 17.3 Å². The number of hydrogen-bond donors (Lipinski definition) is 2. The lowest BCUT2D eigenvalue weighted by molar-refractivity contribution is -0.749. The van der Waals surface area contributed by atoms with E-state index in [1.54, 1.807) is 13.2 Å². The van der Waals surface area contributed by atoms with E-state index in [2.05, 4.69) is 20.7 Å². The van der Waals surface area contributed by atoms with Crippen LogP contribution in [-0.2, 0) is 6.54 Å². The molecule has 160 valence electrons. The van der Waals surface area contributed by atoms with Crippen molar-refractivity contribution in [2.45, 2.75) is 13.0 Å². The van der Waals surface area contributed by atoms with Crippen molar-refractivity contribution in [3.05, 3.63) is 70.4 Å². The molecule has 10 heteroatoms. The number of hydrogen-bond acceptors (Lipinski definition) is 8. The number of benzene rings is 1. The van der Waals surface area contributed by atoms with Gasteiger partial charge in [0, 0.05) is 29.3 Å². The monoisotopic (exact) mass is 422 g/mol. The zero-order chi connectivity index (χ0) is 21.8. The van der Waals surface area contributed by atoms with Gasteiger partial charge in [-0.2, -0.15) is 0 Å². The first-order chi connectivity index (χ1) is 15.1. The van der Waals surface area contributed by atoms with E-state index < -0.39 is 11.6 Å². The number of carbonyl (C=O) groups excluding carboxylic acids is 2. The maximum Gasteiger partial charge on any atom is 0.236 e. The molecular formula is C21H22N6O4. The van der Waals surface area contributed by atoms with Crippen molar-refractivity contribution in [3.63, 3.8) is 0 Å². The first-order valence-electron chi connectivity index (χ1n) is 9.94. The Morgan fingerprint density at radius 3 is 2.74 bits per heavy atom. The SMILES string of the molecule is COc1ccccc1NCCNCCCn1c2c(n[n+]1[O-])C(=O)c1cccnc1C2=O. The van der Waals surface area contributed by atoms with E-state index in [0.29, 0.717) is 31.0 Å². The Hall–Kier alpha value is -3.79. The molecule has 1 aliphatic rings. The Morgan fingerprint density at radius 2 is 1.90 bits per heavy atom. The molecule has 10 nitrogen and oxygen atoms in total. The second-order valence-electron chi connectivity index (χ2n) is 6.96. The molecule has 1 aliphatic carbocycles. The molecule has 0 fully saturated rings. The molecular weight excluding hydrogens is 400 g/mol. The van der Waals surface area contributed by atoms with Gasteiger partial charge >= 0.3 is 0 Å². The van der Waals surface area contributed by atoms with Gasteiger partial charge in [-0.25, -0.2) is 0 Å². The lowest BCUT2D eigenvalue weighted by atomic mass is 9.94. The average Bonchev–Trinajstić information content (AvgIpc) is 3.13. The number of methoxy groups -OCH3 is 1. The largest absolute Gasteiger partial charge is 0.571 e. The molecule has 0 aliphatic heterocycles. The number of ether oxygens (including phenoxy) is 1. The minimum atomic E-state index is -0.457. The van der Waals surface area contributed by atoms with Gasteiger partial charge in [0.2, 0.25) is 17.3 Å². The van der Waals surface area contributed by atoms with Crippen LogP contribution >= 0.6 is 0 Å². The van der Waals surface area contributed by atoms with Gasteiger partial charge in [0.15, 0.2) is 5.69 Å². The molecule has 4 rings (SSSR count). The summed E-state index contributed by atoms with van der Waals surface area (Å²) in [6.07, 6.45) is 2.03.